The Bertz CT molecular complexity index is 628. The number of rotatable bonds is 5. The maximum atomic E-state index is 11.8. The third-order valence-corrected chi connectivity index (χ3v) is 4.36. The molecule has 1 saturated carbocycles. The summed E-state index contributed by atoms with van der Waals surface area (Å²) in [6, 6.07) is 4.41. The van der Waals surface area contributed by atoms with E-state index in [2.05, 4.69) is 21.2 Å². The second-order valence-corrected chi connectivity index (χ2v) is 7.10. The Hall–Kier alpha value is -1.12. The molecule has 0 radical (unpaired) electrons. The molecule has 0 bridgehead atoms. The van der Waals surface area contributed by atoms with Crippen molar-refractivity contribution in [1.29, 1.82) is 0 Å². The summed E-state index contributed by atoms with van der Waals surface area (Å²) in [5, 5.41) is 7.87. The van der Waals surface area contributed by atoms with Crippen LogP contribution in [0.25, 0.3) is 0 Å². The van der Waals surface area contributed by atoms with Gasteiger partial charge in [-0.15, -0.1) is 0 Å². The zero-order valence-electron chi connectivity index (χ0n) is 10.8. The van der Waals surface area contributed by atoms with E-state index in [1.807, 2.05) is 0 Å². The van der Waals surface area contributed by atoms with E-state index >= 15 is 0 Å². The first kappa shape index (κ1) is 15.3. The number of hydrogen-bond acceptors (Lipinski definition) is 4. The van der Waals surface area contributed by atoms with Crippen LogP contribution >= 0.6 is 15.9 Å². The molecule has 0 saturated heterocycles. The van der Waals surface area contributed by atoms with Gasteiger partial charge in [-0.05, 0) is 53.9 Å². The summed E-state index contributed by atoms with van der Waals surface area (Å²) in [6.45, 7) is 1.64. The number of carbonyl (C=O) groups is 1. The van der Waals surface area contributed by atoms with Crippen molar-refractivity contribution >= 4 is 31.9 Å². The monoisotopic (exact) mass is 362 g/mol. The van der Waals surface area contributed by atoms with Gasteiger partial charge < -0.3 is 10.1 Å². The van der Waals surface area contributed by atoms with Crippen LogP contribution in [0.2, 0.25) is 0 Å². The average Bonchev–Trinajstić information content (AvgIpc) is 3.14. The van der Waals surface area contributed by atoms with E-state index in [0.717, 1.165) is 12.8 Å². The molecule has 0 aliphatic heterocycles. The Morgan fingerprint density at radius 2 is 2.15 bits per heavy atom. The summed E-state index contributed by atoms with van der Waals surface area (Å²) in [5.74, 6) is 0.200. The number of ether oxygens (including phenoxy) is 1. The van der Waals surface area contributed by atoms with Crippen LogP contribution in [0.15, 0.2) is 27.6 Å². The van der Waals surface area contributed by atoms with Crippen molar-refractivity contribution < 1.29 is 17.9 Å². The summed E-state index contributed by atoms with van der Waals surface area (Å²) >= 11 is 3.20. The molecule has 3 N–H and O–H groups in total. The van der Waals surface area contributed by atoms with E-state index < -0.39 is 16.1 Å². The van der Waals surface area contributed by atoms with Crippen LogP contribution in [0.5, 0.6) is 5.75 Å². The van der Waals surface area contributed by atoms with E-state index in [1.165, 1.54) is 18.2 Å². The zero-order chi connectivity index (χ0) is 14.9. The Morgan fingerprint density at radius 1 is 1.50 bits per heavy atom. The second kappa shape index (κ2) is 5.71. The Kier molecular flexibility index (Phi) is 4.36. The fraction of sp³-hybridized carbons (Fsp3) is 0.417. The van der Waals surface area contributed by atoms with Gasteiger partial charge in [0.05, 0.1) is 9.37 Å². The number of nitrogens with one attached hydrogen (secondary N) is 1. The third-order valence-electron chi connectivity index (χ3n) is 2.83. The molecule has 1 aromatic carbocycles. The number of amides is 1. The van der Waals surface area contributed by atoms with Gasteiger partial charge in [0.15, 0.2) is 6.10 Å². The largest absolute Gasteiger partial charge is 0.480 e. The van der Waals surface area contributed by atoms with Crippen molar-refractivity contribution in [3.8, 4) is 5.75 Å². The van der Waals surface area contributed by atoms with Crippen LogP contribution in [0, 0.1) is 0 Å². The summed E-state index contributed by atoms with van der Waals surface area (Å²) < 4.78 is 28.3. The lowest BCUT2D eigenvalue weighted by Gasteiger charge is -2.15. The van der Waals surface area contributed by atoms with E-state index in [4.69, 9.17) is 9.88 Å². The molecule has 1 unspecified atom stereocenters. The lowest BCUT2D eigenvalue weighted by Crippen LogP contribution is -2.37. The summed E-state index contributed by atoms with van der Waals surface area (Å²) in [5.41, 5.74) is 0. The number of carbonyl (C=O) groups excluding carboxylic acids is 1. The molecule has 20 heavy (non-hydrogen) atoms. The highest BCUT2D eigenvalue weighted by Crippen LogP contribution is 2.28. The summed E-state index contributed by atoms with van der Waals surface area (Å²) in [6.07, 6.45) is 1.35. The quantitative estimate of drug-likeness (QED) is 0.820. The van der Waals surface area contributed by atoms with E-state index in [1.54, 1.807) is 6.92 Å². The van der Waals surface area contributed by atoms with Crippen molar-refractivity contribution in [3.63, 3.8) is 0 Å². The zero-order valence-corrected chi connectivity index (χ0v) is 13.2. The minimum atomic E-state index is -3.76. The molecule has 1 fully saturated rings. The highest BCUT2D eigenvalue weighted by atomic mass is 79.9. The summed E-state index contributed by atoms with van der Waals surface area (Å²) in [7, 11) is -3.76. The topological polar surface area (TPSA) is 98.5 Å². The molecule has 1 atom stereocenters. The van der Waals surface area contributed by atoms with Gasteiger partial charge in [0.25, 0.3) is 5.91 Å². The highest BCUT2D eigenvalue weighted by Gasteiger charge is 2.26. The minimum absolute atomic E-state index is 0.0215. The van der Waals surface area contributed by atoms with Gasteiger partial charge in [-0.25, -0.2) is 13.6 Å². The maximum absolute atomic E-state index is 11.8. The van der Waals surface area contributed by atoms with Crippen LogP contribution in [0.3, 0.4) is 0 Å². The number of hydrogen-bond donors (Lipinski definition) is 2. The van der Waals surface area contributed by atoms with Gasteiger partial charge in [-0.3, -0.25) is 4.79 Å². The number of benzene rings is 1. The molecule has 2 rings (SSSR count). The molecule has 1 aliphatic carbocycles. The van der Waals surface area contributed by atoms with Crippen LogP contribution in [0.4, 0.5) is 0 Å². The van der Waals surface area contributed by atoms with E-state index in [0.29, 0.717) is 10.2 Å². The maximum Gasteiger partial charge on any atom is 0.260 e. The first-order valence-corrected chi connectivity index (χ1v) is 8.40. The molecule has 6 nitrogen and oxygen atoms in total. The van der Waals surface area contributed by atoms with Crippen LogP contribution in [-0.2, 0) is 14.8 Å². The van der Waals surface area contributed by atoms with Gasteiger partial charge in [0.2, 0.25) is 10.0 Å². The second-order valence-electron chi connectivity index (χ2n) is 4.68. The molecule has 0 spiro atoms. The number of nitrogens with two attached hydrogens (primary N) is 1. The molecule has 1 aliphatic rings. The van der Waals surface area contributed by atoms with Gasteiger partial charge in [0, 0.05) is 6.04 Å². The summed E-state index contributed by atoms with van der Waals surface area (Å²) in [4.78, 5) is 11.7. The number of halogens is 1. The lowest BCUT2D eigenvalue weighted by molar-refractivity contribution is -0.127. The van der Waals surface area contributed by atoms with Gasteiger partial charge >= 0.3 is 0 Å². The standard InChI is InChI=1S/C12H15BrN2O4S/c1-7(12(16)15-8-2-3-8)19-11-5-4-9(6-10(11)13)20(14,17)18/h4-8H,2-3H2,1H3,(H,15,16)(H2,14,17,18). The van der Waals surface area contributed by atoms with E-state index in [9.17, 15) is 13.2 Å². The fourth-order valence-electron chi connectivity index (χ4n) is 1.54. The van der Waals surface area contributed by atoms with Crippen molar-refractivity contribution in [1.82, 2.24) is 5.32 Å². The van der Waals surface area contributed by atoms with Crippen molar-refractivity contribution in [2.45, 2.75) is 36.8 Å². The predicted octanol–water partition coefficient (Wildman–Crippen LogP) is 1.14. The van der Waals surface area contributed by atoms with Crippen molar-refractivity contribution in [2.24, 2.45) is 5.14 Å². The van der Waals surface area contributed by atoms with Gasteiger partial charge in [0.1, 0.15) is 5.75 Å². The van der Waals surface area contributed by atoms with Crippen LogP contribution < -0.4 is 15.2 Å². The first-order valence-electron chi connectivity index (χ1n) is 6.07. The molecule has 1 aromatic rings. The molecule has 1 amide bonds. The molecule has 8 heteroatoms. The average molecular weight is 363 g/mol. The van der Waals surface area contributed by atoms with Crippen molar-refractivity contribution in [3.05, 3.63) is 22.7 Å². The SMILES string of the molecule is CC(Oc1ccc(S(N)(=O)=O)cc1Br)C(=O)NC1CC1. The predicted molar refractivity (Wildman–Crippen MR) is 76.8 cm³/mol. The van der Waals surface area contributed by atoms with E-state index in [-0.39, 0.29) is 16.8 Å². The Morgan fingerprint density at radius 3 is 2.65 bits per heavy atom. The normalized spacial score (nSPS) is 16.6. The fourth-order valence-corrected chi connectivity index (χ4v) is 2.71. The number of primary sulfonamides is 1. The molecule has 0 aromatic heterocycles. The highest BCUT2D eigenvalue weighted by molar-refractivity contribution is 9.10. The minimum Gasteiger partial charge on any atom is -0.480 e. The molecule has 0 heterocycles. The van der Waals surface area contributed by atoms with Gasteiger partial charge in [-0.2, -0.15) is 0 Å². The third kappa shape index (κ3) is 3.94. The smallest absolute Gasteiger partial charge is 0.260 e. The Labute approximate surface area is 125 Å². The van der Waals surface area contributed by atoms with Crippen LogP contribution in [-0.4, -0.2) is 26.5 Å². The first-order chi connectivity index (χ1) is 9.27. The molecular formula is C12H15BrN2O4S. The Balaban J connectivity index is 2.07. The van der Waals surface area contributed by atoms with Crippen molar-refractivity contribution in [2.75, 3.05) is 0 Å². The molecule has 110 valence electrons. The van der Waals surface area contributed by atoms with Crippen LogP contribution in [0.1, 0.15) is 19.8 Å². The lowest BCUT2D eigenvalue weighted by atomic mass is 10.3. The number of sulfonamides is 1. The molecular weight excluding hydrogens is 348 g/mol. The van der Waals surface area contributed by atoms with Gasteiger partial charge in [-0.1, -0.05) is 0 Å².